The molecule has 0 amide bonds. The molecule has 0 heterocycles. The van der Waals surface area contributed by atoms with Gasteiger partial charge < -0.3 is 10.0 Å². The number of anilines is 1. The van der Waals surface area contributed by atoms with Crippen LogP contribution in [0.4, 0.5) is 18.9 Å². The van der Waals surface area contributed by atoms with Crippen molar-refractivity contribution in [1.29, 1.82) is 0 Å². The van der Waals surface area contributed by atoms with Crippen LogP contribution >= 0.6 is 0 Å². The van der Waals surface area contributed by atoms with Crippen molar-refractivity contribution in [1.82, 2.24) is 0 Å². The number of benzene rings is 2. The van der Waals surface area contributed by atoms with Crippen molar-refractivity contribution in [2.45, 2.75) is 25.7 Å². The monoisotopic (exact) mass is 309 g/mol. The standard InChI is InChI=1S/C17H18F3NO/c1-13(22)11-21(16-5-3-2-4-6-16)12-14-7-9-15(10-8-14)17(18,19)20/h2-10,13,22H,11-12H2,1H3. The third-order valence-electron chi connectivity index (χ3n) is 3.26. The largest absolute Gasteiger partial charge is 0.416 e. The SMILES string of the molecule is CC(O)CN(Cc1ccc(C(F)(F)F)cc1)c1ccccc1. The molecule has 2 nitrogen and oxygen atoms in total. The lowest BCUT2D eigenvalue weighted by atomic mass is 10.1. The average Bonchev–Trinajstić information content (AvgIpc) is 2.47. The second-order valence-corrected chi connectivity index (χ2v) is 5.26. The van der Waals surface area contributed by atoms with Crippen LogP contribution in [0.1, 0.15) is 18.1 Å². The topological polar surface area (TPSA) is 23.5 Å². The molecule has 2 aromatic rings. The Morgan fingerprint density at radius 2 is 1.59 bits per heavy atom. The van der Waals surface area contributed by atoms with Crippen molar-refractivity contribution in [3.05, 3.63) is 65.7 Å². The van der Waals surface area contributed by atoms with E-state index in [1.54, 1.807) is 6.92 Å². The molecule has 0 saturated carbocycles. The van der Waals surface area contributed by atoms with Crippen molar-refractivity contribution in [3.8, 4) is 0 Å². The van der Waals surface area contributed by atoms with E-state index in [1.807, 2.05) is 35.2 Å². The van der Waals surface area contributed by atoms with Gasteiger partial charge in [0.1, 0.15) is 0 Å². The first-order valence-electron chi connectivity index (χ1n) is 7.00. The molecule has 118 valence electrons. The molecule has 1 unspecified atom stereocenters. The molecule has 1 atom stereocenters. The van der Waals surface area contributed by atoms with Gasteiger partial charge in [-0.3, -0.25) is 0 Å². The molecular weight excluding hydrogens is 291 g/mol. The number of alkyl halides is 3. The summed E-state index contributed by atoms with van der Waals surface area (Å²) in [7, 11) is 0. The molecule has 0 spiro atoms. The van der Waals surface area contributed by atoms with Gasteiger partial charge in [-0.25, -0.2) is 0 Å². The Kier molecular flexibility index (Phi) is 5.08. The van der Waals surface area contributed by atoms with Gasteiger partial charge in [-0.15, -0.1) is 0 Å². The molecule has 22 heavy (non-hydrogen) atoms. The van der Waals surface area contributed by atoms with Gasteiger partial charge in [0.25, 0.3) is 0 Å². The van der Waals surface area contributed by atoms with E-state index in [0.717, 1.165) is 23.4 Å². The fourth-order valence-corrected chi connectivity index (χ4v) is 2.24. The van der Waals surface area contributed by atoms with Gasteiger partial charge >= 0.3 is 6.18 Å². The molecular formula is C17H18F3NO. The molecule has 0 fully saturated rings. The van der Waals surface area contributed by atoms with E-state index in [-0.39, 0.29) is 0 Å². The summed E-state index contributed by atoms with van der Waals surface area (Å²) in [5.41, 5.74) is 1.03. The van der Waals surface area contributed by atoms with Crippen LogP contribution in [-0.4, -0.2) is 17.8 Å². The number of aliphatic hydroxyl groups is 1. The zero-order chi connectivity index (χ0) is 16.2. The van der Waals surface area contributed by atoms with E-state index < -0.39 is 17.8 Å². The zero-order valence-electron chi connectivity index (χ0n) is 12.2. The predicted octanol–water partition coefficient (Wildman–Crippen LogP) is 4.09. The maximum Gasteiger partial charge on any atom is 0.416 e. The summed E-state index contributed by atoms with van der Waals surface area (Å²) in [5, 5.41) is 9.62. The van der Waals surface area contributed by atoms with Gasteiger partial charge in [0.2, 0.25) is 0 Å². The highest BCUT2D eigenvalue weighted by Crippen LogP contribution is 2.29. The molecule has 0 saturated heterocycles. The Hall–Kier alpha value is -2.01. The summed E-state index contributed by atoms with van der Waals surface area (Å²) in [6, 6.07) is 14.6. The second-order valence-electron chi connectivity index (χ2n) is 5.26. The van der Waals surface area contributed by atoms with E-state index >= 15 is 0 Å². The second kappa shape index (κ2) is 6.83. The highest BCUT2D eigenvalue weighted by molar-refractivity contribution is 5.47. The molecule has 5 heteroatoms. The van der Waals surface area contributed by atoms with Crippen molar-refractivity contribution >= 4 is 5.69 Å². The van der Waals surface area contributed by atoms with E-state index in [0.29, 0.717) is 13.1 Å². The minimum atomic E-state index is -4.32. The van der Waals surface area contributed by atoms with Gasteiger partial charge in [-0.2, -0.15) is 13.2 Å². The van der Waals surface area contributed by atoms with E-state index in [4.69, 9.17) is 0 Å². The van der Waals surface area contributed by atoms with Crippen molar-refractivity contribution in [2.75, 3.05) is 11.4 Å². The minimum absolute atomic E-state index is 0.408. The fourth-order valence-electron chi connectivity index (χ4n) is 2.24. The minimum Gasteiger partial charge on any atom is -0.392 e. The lowest BCUT2D eigenvalue weighted by molar-refractivity contribution is -0.137. The zero-order valence-corrected chi connectivity index (χ0v) is 12.2. The number of hydrogen-bond donors (Lipinski definition) is 1. The number of halogens is 3. The molecule has 1 N–H and O–H groups in total. The van der Waals surface area contributed by atoms with Gasteiger partial charge in [0, 0.05) is 18.8 Å². The summed E-state index contributed by atoms with van der Waals surface area (Å²) >= 11 is 0. The van der Waals surface area contributed by atoms with Gasteiger partial charge in [0.15, 0.2) is 0 Å². The summed E-state index contributed by atoms with van der Waals surface area (Å²) < 4.78 is 37.7. The van der Waals surface area contributed by atoms with Crippen LogP contribution in [0.3, 0.4) is 0 Å². The number of para-hydroxylation sites is 1. The van der Waals surface area contributed by atoms with Gasteiger partial charge in [-0.05, 0) is 36.8 Å². The molecule has 2 rings (SSSR count). The number of aliphatic hydroxyl groups excluding tert-OH is 1. The first-order valence-corrected chi connectivity index (χ1v) is 7.00. The lowest BCUT2D eigenvalue weighted by Crippen LogP contribution is -2.30. The first-order chi connectivity index (χ1) is 10.4. The molecule has 0 aliphatic heterocycles. The highest BCUT2D eigenvalue weighted by Gasteiger charge is 2.29. The Morgan fingerprint density at radius 1 is 1.00 bits per heavy atom. The molecule has 0 aliphatic carbocycles. The lowest BCUT2D eigenvalue weighted by Gasteiger charge is -2.26. The first kappa shape index (κ1) is 16.4. The Balaban J connectivity index is 2.17. The summed E-state index contributed by atoms with van der Waals surface area (Å²) in [6.07, 6.45) is -4.85. The number of nitrogens with zero attached hydrogens (tertiary/aromatic N) is 1. The van der Waals surface area contributed by atoms with Crippen LogP contribution in [0.25, 0.3) is 0 Å². The van der Waals surface area contributed by atoms with Crippen LogP contribution in [-0.2, 0) is 12.7 Å². The maximum atomic E-state index is 12.6. The van der Waals surface area contributed by atoms with Crippen molar-refractivity contribution in [2.24, 2.45) is 0 Å². The molecule has 2 aromatic carbocycles. The Morgan fingerprint density at radius 3 is 2.09 bits per heavy atom. The summed E-state index contributed by atoms with van der Waals surface area (Å²) in [5.74, 6) is 0. The molecule has 0 radical (unpaired) electrons. The highest BCUT2D eigenvalue weighted by atomic mass is 19.4. The van der Waals surface area contributed by atoms with Crippen LogP contribution in [0.2, 0.25) is 0 Å². The van der Waals surface area contributed by atoms with Gasteiger partial charge in [-0.1, -0.05) is 30.3 Å². The number of rotatable bonds is 5. The van der Waals surface area contributed by atoms with Crippen molar-refractivity contribution in [3.63, 3.8) is 0 Å². The molecule has 0 bridgehead atoms. The van der Waals surface area contributed by atoms with Crippen LogP contribution in [0.5, 0.6) is 0 Å². The smallest absolute Gasteiger partial charge is 0.392 e. The quantitative estimate of drug-likeness (QED) is 0.899. The van der Waals surface area contributed by atoms with Crippen LogP contribution < -0.4 is 4.90 Å². The van der Waals surface area contributed by atoms with Crippen LogP contribution in [0.15, 0.2) is 54.6 Å². The predicted molar refractivity (Wildman–Crippen MR) is 80.6 cm³/mol. The van der Waals surface area contributed by atoms with Crippen molar-refractivity contribution < 1.29 is 18.3 Å². The molecule has 0 aromatic heterocycles. The Bertz CT molecular complexity index is 579. The third kappa shape index (κ3) is 4.49. The van der Waals surface area contributed by atoms with E-state index in [2.05, 4.69) is 0 Å². The molecule has 0 aliphatic rings. The third-order valence-corrected chi connectivity index (χ3v) is 3.26. The summed E-state index contributed by atoms with van der Waals surface area (Å²) in [4.78, 5) is 1.94. The fraction of sp³-hybridized carbons (Fsp3) is 0.294. The van der Waals surface area contributed by atoms with Crippen LogP contribution in [0, 0.1) is 0 Å². The number of hydrogen-bond acceptors (Lipinski definition) is 2. The Labute approximate surface area is 127 Å². The normalized spacial score (nSPS) is 13.0. The average molecular weight is 309 g/mol. The maximum absolute atomic E-state index is 12.6. The van der Waals surface area contributed by atoms with Gasteiger partial charge in [0.05, 0.1) is 11.7 Å². The van der Waals surface area contributed by atoms with E-state index in [1.165, 1.54) is 12.1 Å². The summed E-state index contributed by atoms with van der Waals surface area (Å²) in [6.45, 7) is 2.53. The van der Waals surface area contributed by atoms with E-state index in [9.17, 15) is 18.3 Å².